The second-order valence-corrected chi connectivity index (χ2v) is 13.5. The number of para-hydroxylation sites is 2. The standard InChI is InChI=1S/C36H41N3O5S/c1-5-44-33-24-16-15-23-31(33)39(45(42,43)30-21-13-8-14-22-30)27-34(40)38(26-29-19-11-7-12-20-29)32(35(41)37-36(2,3)4)25-28-17-9-6-10-18-28/h6-24,32H,5,25-27H2,1-4H3,(H,37,41)/t32-/m0/s1. The number of anilines is 1. The molecule has 0 saturated heterocycles. The lowest BCUT2D eigenvalue weighted by atomic mass is 10.0. The lowest BCUT2D eigenvalue weighted by molar-refractivity contribution is -0.140. The minimum absolute atomic E-state index is 0.0324. The van der Waals surface area contributed by atoms with Gasteiger partial charge in [0.15, 0.2) is 0 Å². The zero-order chi connectivity index (χ0) is 32.5. The molecule has 0 aliphatic heterocycles. The Labute approximate surface area is 266 Å². The third-order valence-corrected chi connectivity index (χ3v) is 8.78. The average molecular weight is 628 g/mol. The molecule has 45 heavy (non-hydrogen) atoms. The molecule has 0 aromatic heterocycles. The lowest BCUT2D eigenvalue weighted by Gasteiger charge is -2.35. The van der Waals surface area contributed by atoms with Crippen molar-refractivity contribution in [3.63, 3.8) is 0 Å². The Hall–Kier alpha value is -4.63. The van der Waals surface area contributed by atoms with Gasteiger partial charge < -0.3 is 15.0 Å². The van der Waals surface area contributed by atoms with Gasteiger partial charge in [-0.1, -0.05) is 91.0 Å². The van der Waals surface area contributed by atoms with Crippen LogP contribution in [0.1, 0.15) is 38.8 Å². The first kappa shape index (κ1) is 33.3. The summed E-state index contributed by atoms with van der Waals surface area (Å²) in [5.41, 5.74) is 1.34. The topological polar surface area (TPSA) is 96.0 Å². The maximum absolute atomic E-state index is 14.6. The molecule has 0 aliphatic rings. The van der Waals surface area contributed by atoms with Crippen LogP contribution >= 0.6 is 0 Å². The Morgan fingerprint density at radius 3 is 1.89 bits per heavy atom. The Bertz CT molecular complexity index is 1660. The van der Waals surface area contributed by atoms with E-state index in [1.807, 2.05) is 88.4 Å². The molecule has 8 nitrogen and oxygen atoms in total. The SMILES string of the molecule is CCOc1ccccc1N(CC(=O)N(Cc1ccccc1)[C@@H](Cc1ccccc1)C(=O)NC(C)(C)C)S(=O)(=O)c1ccccc1. The highest BCUT2D eigenvalue weighted by Gasteiger charge is 2.36. The van der Waals surface area contributed by atoms with E-state index in [4.69, 9.17) is 4.74 Å². The molecular formula is C36H41N3O5S. The van der Waals surface area contributed by atoms with E-state index in [1.54, 1.807) is 42.5 Å². The molecule has 1 atom stereocenters. The molecule has 0 saturated carbocycles. The van der Waals surface area contributed by atoms with Crippen molar-refractivity contribution in [3.05, 3.63) is 126 Å². The fourth-order valence-corrected chi connectivity index (χ4v) is 6.41. The number of carbonyl (C=O) groups is 2. The van der Waals surface area contributed by atoms with Gasteiger partial charge in [0.05, 0.1) is 17.2 Å². The molecule has 0 aliphatic carbocycles. The minimum atomic E-state index is -4.22. The molecule has 0 spiro atoms. The molecule has 1 N–H and O–H groups in total. The van der Waals surface area contributed by atoms with Gasteiger partial charge in [-0.2, -0.15) is 0 Å². The lowest BCUT2D eigenvalue weighted by Crippen LogP contribution is -2.56. The van der Waals surface area contributed by atoms with E-state index in [1.165, 1.54) is 17.0 Å². The first-order valence-corrected chi connectivity index (χ1v) is 16.4. The molecule has 4 rings (SSSR count). The molecule has 236 valence electrons. The van der Waals surface area contributed by atoms with Crippen LogP contribution in [-0.2, 0) is 32.6 Å². The molecular weight excluding hydrogens is 586 g/mol. The molecule has 0 radical (unpaired) electrons. The third-order valence-electron chi connectivity index (χ3n) is 7.01. The monoisotopic (exact) mass is 627 g/mol. The van der Waals surface area contributed by atoms with Crippen molar-refractivity contribution in [1.82, 2.24) is 10.2 Å². The van der Waals surface area contributed by atoms with Crippen LogP contribution in [0.3, 0.4) is 0 Å². The van der Waals surface area contributed by atoms with Gasteiger partial charge in [-0.3, -0.25) is 13.9 Å². The van der Waals surface area contributed by atoms with Crippen molar-refractivity contribution in [3.8, 4) is 5.75 Å². The van der Waals surface area contributed by atoms with Crippen molar-refractivity contribution in [1.29, 1.82) is 0 Å². The van der Waals surface area contributed by atoms with Crippen molar-refractivity contribution in [2.45, 2.75) is 57.1 Å². The highest BCUT2D eigenvalue weighted by Crippen LogP contribution is 2.33. The van der Waals surface area contributed by atoms with Gasteiger partial charge in [0, 0.05) is 18.5 Å². The number of sulfonamides is 1. The van der Waals surface area contributed by atoms with E-state index in [0.29, 0.717) is 12.4 Å². The van der Waals surface area contributed by atoms with Crippen LogP contribution in [0.4, 0.5) is 5.69 Å². The van der Waals surface area contributed by atoms with Crippen LogP contribution in [0.25, 0.3) is 0 Å². The summed E-state index contributed by atoms with van der Waals surface area (Å²) in [6.45, 7) is 7.30. The predicted molar refractivity (Wildman–Crippen MR) is 177 cm³/mol. The molecule has 0 unspecified atom stereocenters. The second-order valence-electron chi connectivity index (χ2n) is 11.7. The maximum Gasteiger partial charge on any atom is 0.264 e. The molecule has 0 fully saturated rings. The highest BCUT2D eigenvalue weighted by molar-refractivity contribution is 7.92. The van der Waals surface area contributed by atoms with Crippen molar-refractivity contribution in [2.75, 3.05) is 17.5 Å². The fraction of sp³-hybridized carbons (Fsp3) is 0.278. The number of amides is 2. The number of rotatable bonds is 13. The molecule has 4 aromatic rings. The van der Waals surface area contributed by atoms with Crippen LogP contribution in [-0.4, -0.2) is 49.9 Å². The summed E-state index contributed by atoms with van der Waals surface area (Å²) in [5, 5.41) is 3.04. The summed E-state index contributed by atoms with van der Waals surface area (Å²) in [7, 11) is -4.22. The number of nitrogens with zero attached hydrogens (tertiary/aromatic N) is 2. The van der Waals surface area contributed by atoms with Gasteiger partial charge in [-0.15, -0.1) is 0 Å². The van der Waals surface area contributed by atoms with E-state index in [0.717, 1.165) is 15.4 Å². The maximum atomic E-state index is 14.6. The van der Waals surface area contributed by atoms with E-state index in [2.05, 4.69) is 5.32 Å². The molecule has 0 heterocycles. The zero-order valence-corrected chi connectivity index (χ0v) is 27.0. The van der Waals surface area contributed by atoms with Crippen molar-refractivity contribution in [2.24, 2.45) is 0 Å². The second kappa shape index (κ2) is 14.9. The minimum Gasteiger partial charge on any atom is -0.492 e. The molecule has 4 aromatic carbocycles. The van der Waals surface area contributed by atoms with Crippen LogP contribution in [0.5, 0.6) is 5.75 Å². The third kappa shape index (κ3) is 8.95. The Morgan fingerprint density at radius 2 is 1.31 bits per heavy atom. The molecule has 2 amide bonds. The zero-order valence-electron chi connectivity index (χ0n) is 26.2. The number of ether oxygens (including phenoxy) is 1. The van der Waals surface area contributed by atoms with Crippen molar-refractivity contribution < 1.29 is 22.7 Å². The Balaban J connectivity index is 1.83. The van der Waals surface area contributed by atoms with Gasteiger partial charge in [0.25, 0.3) is 10.0 Å². The van der Waals surface area contributed by atoms with Gasteiger partial charge in [0.1, 0.15) is 18.3 Å². The van der Waals surface area contributed by atoms with Gasteiger partial charge in [0.2, 0.25) is 11.8 Å². The molecule has 9 heteroatoms. The Morgan fingerprint density at radius 1 is 0.778 bits per heavy atom. The normalized spacial score (nSPS) is 12.2. The van der Waals surface area contributed by atoms with E-state index < -0.39 is 34.1 Å². The van der Waals surface area contributed by atoms with E-state index in [-0.39, 0.29) is 29.5 Å². The largest absolute Gasteiger partial charge is 0.492 e. The summed E-state index contributed by atoms with van der Waals surface area (Å²) in [5.74, 6) is -0.536. The van der Waals surface area contributed by atoms with Crippen LogP contribution in [0, 0.1) is 0 Å². The number of carbonyl (C=O) groups excluding carboxylic acids is 2. The van der Waals surface area contributed by atoms with E-state index >= 15 is 0 Å². The number of nitrogens with one attached hydrogen (secondary N) is 1. The fourth-order valence-electron chi connectivity index (χ4n) is 4.96. The van der Waals surface area contributed by atoms with Gasteiger partial charge in [-0.05, 0) is 63.1 Å². The predicted octanol–water partition coefficient (Wildman–Crippen LogP) is 5.84. The number of hydrogen-bond donors (Lipinski definition) is 1. The van der Waals surface area contributed by atoms with Crippen LogP contribution in [0.15, 0.2) is 120 Å². The summed E-state index contributed by atoms with van der Waals surface area (Å²) in [6.07, 6.45) is 0.238. The van der Waals surface area contributed by atoms with Gasteiger partial charge in [-0.25, -0.2) is 8.42 Å². The van der Waals surface area contributed by atoms with Crippen LogP contribution in [0.2, 0.25) is 0 Å². The molecule has 0 bridgehead atoms. The first-order valence-electron chi connectivity index (χ1n) is 15.0. The quantitative estimate of drug-likeness (QED) is 0.201. The summed E-state index contributed by atoms with van der Waals surface area (Å²) >= 11 is 0. The summed E-state index contributed by atoms with van der Waals surface area (Å²) in [4.78, 5) is 30.1. The van der Waals surface area contributed by atoms with Gasteiger partial charge >= 0.3 is 0 Å². The number of hydrogen-bond acceptors (Lipinski definition) is 5. The summed E-state index contributed by atoms with van der Waals surface area (Å²) < 4.78 is 35.3. The first-order chi connectivity index (χ1) is 21.5. The van der Waals surface area contributed by atoms with Crippen molar-refractivity contribution >= 4 is 27.5 Å². The summed E-state index contributed by atoms with van der Waals surface area (Å²) in [6, 6.07) is 32.6. The van der Waals surface area contributed by atoms with Crippen LogP contribution < -0.4 is 14.4 Å². The number of benzene rings is 4. The smallest absolute Gasteiger partial charge is 0.264 e. The average Bonchev–Trinajstić information content (AvgIpc) is 3.02. The Kier molecular flexibility index (Phi) is 11.0. The van der Waals surface area contributed by atoms with E-state index in [9.17, 15) is 18.0 Å². The highest BCUT2D eigenvalue weighted by atomic mass is 32.2.